The van der Waals surface area contributed by atoms with Crippen molar-refractivity contribution in [2.45, 2.75) is 130 Å². The second-order valence-corrected chi connectivity index (χ2v) is 21.0. The number of hydrogen-bond donors (Lipinski definition) is 0. The average molecular weight is 1080 g/mol. The first-order valence-electron chi connectivity index (χ1n) is 29.6. The summed E-state index contributed by atoms with van der Waals surface area (Å²) in [6.45, 7) is 37.5. The highest BCUT2D eigenvalue weighted by atomic mass is 14.2. The van der Waals surface area contributed by atoms with E-state index in [-0.39, 0.29) is 0 Å². The van der Waals surface area contributed by atoms with Crippen LogP contribution in [0.1, 0.15) is 137 Å². The molecule has 0 aromatic heterocycles. The van der Waals surface area contributed by atoms with Gasteiger partial charge < -0.3 is 0 Å². The fourth-order valence-corrected chi connectivity index (χ4v) is 7.22. The average Bonchev–Trinajstić information content (AvgIpc) is 4.37. The molecule has 81 heavy (non-hydrogen) atoms. The van der Waals surface area contributed by atoms with Gasteiger partial charge in [-0.1, -0.05) is 374 Å². The van der Waals surface area contributed by atoms with E-state index in [1.54, 1.807) is 6.08 Å². The summed E-state index contributed by atoms with van der Waals surface area (Å²) in [6, 6.07) is 86.7. The Hall–Kier alpha value is -7.80. The van der Waals surface area contributed by atoms with E-state index in [4.69, 9.17) is 0 Å². The second-order valence-electron chi connectivity index (χ2n) is 21.0. The molecule has 0 saturated heterocycles. The molecule has 0 radical (unpaired) electrons. The summed E-state index contributed by atoms with van der Waals surface area (Å²) < 4.78 is 0. The fraction of sp³-hybridized carbons (Fsp3) is 0.259. The second kappa shape index (κ2) is 45.0. The van der Waals surface area contributed by atoms with E-state index < -0.39 is 0 Å². The van der Waals surface area contributed by atoms with Crippen LogP contribution in [0.15, 0.2) is 280 Å². The summed E-state index contributed by atoms with van der Waals surface area (Å²) in [5.74, 6) is 2.22. The normalized spacial score (nSPS) is 10.1. The molecule has 0 spiro atoms. The molecule has 0 N–H and O–H groups in total. The zero-order valence-corrected chi connectivity index (χ0v) is 52.8. The summed E-state index contributed by atoms with van der Waals surface area (Å²) in [5, 5.41) is 0. The van der Waals surface area contributed by atoms with Gasteiger partial charge in [0.05, 0.1) is 0 Å². The summed E-state index contributed by atoms with van der Waals surface area (Å²) >= 11 is 0. The van der Waals surface area contributed by atoms with Gasteiger partial charge in [0, 0.05) is 0 Å². The molecule has 0 unspecified atom stereocenters. The quantitative estimate of drug-likeness (QED) is 0.140. The van der Waals surface area contributed by atoms with E-state index in [0.717, 1.165) is 11.8 Å². The first-order chi connectivity index (χ1) is 39.1. The van der Waals surface area contributed by atoms with Crippen LogP contribution in [0.3, 0.4) is 0 Å². The molecule has 10 rings (SSSR count). The molecular weight excluding hydrogens is 973 g/mol. The summed E-state index contributed by atoms with van der Waals surface area (Å²) in [6.07, 6.45) is 10.3. The molecule has 426 valence electrons. The highest BCUT2D eigenvalue weighted by Crippen LogP contribution is 2.32. The van der Waals surface area contributed by atoms with E-state index in [1.807, 2.05) is 81.5 Å². The van der Waals surface area contributed by atoms with Crippen molar-refractivity contribution in [1.82, 2.24) is 0 Å². The molecular formula is C81H102. The smallest absolute Gasteiger partial charge is 0.00883 e. The number of rotatable bonds is 7. The van der Waals surface area contributed by atoms with Crippen LogP contribution in [0.2, 0.25) is 0 Å². The van der Waals surface area contributed by atoms with Gasteiger partial charge in [-0.2, -0.15) is 0 Å². The first kappa shape index (κ1) is 71.2. The highest BCUT2D eigenvalue weighted by Gasteiger charge is 2.11. The Morgan fingerprint density at radius 3 is 0.975 bits per heavy atom. The van der Waals surface area contributed by atoms with Gasteiger partial charge in [0.1, 0.15) is 0 Å². The Morgan fingerprint density at radius 2 is 0.667 bits per heavy atom. The van der Waals surface area contributed by atoms with E-state index in [0.29, 0.717) is 5.92 Å². The molecule has 1 aliphatic carbocycles. The molecule has 9 aromatic carbocycles. The zero-order chi connectivity index (χ0) is 60.0. The Kier molecular flexibility index (Phi) is 39.6. The molecule has 0 fully saturated rings. The Balaban J connectivity index is 0.000000486. The largest absolute Gasteiger partial charge is 0.0991 e. The molecule has 0 saturated carbocycles. The maximum Gasteiger partial charge on any atom is -0.00883 e. The van der Waals surface area contributed by atoms with Crippen molar-refractivity contribution in [2.75, 3.05) is 0 Å². The summed E-state index contributed by atoms with van der Waals surface area (Å²) in [4.78, 5) is 0. The van der Waals surface area contributed by atoms with E-state index in [9.17, 15) is 0 Å². The van der Waals surface area contributed by atoms with Gasteiger partial charge in [-0.15, -0.1) is 0 Å². The van der Waals surface area contributed by atoms with Crippen molar-refractivity contribution < 1.29 is 0 Å². The minimum Gasteiger partial charge on any atom is -0.0991 e. The van der Waals surface area contributed by atoms with E-state index in [1.165, 1.54) is 90.7 Å². The highest BCUT2D eigenvalue weighted by molar-refractivity contribution is 5.79. The van der Waals surface area contributed by atoms with Crippen molar-refractivity contribution in [1.29, 1.82) is 0 Å². The third kappa shape index (κ3) is 34.1. The summed E-state index contributed by atoms with van der Waals surface area (Å²) in [5.41, 5.74) is 18.6. The molecule has 0 amide bonds. The predicted molar refractivity (Wildman–Crippen MR) is 368 cm³/mol. The maximum absolute atomic E-state index is 3.46. The van der Waals surface area contributed by atoms with Crippen LogP contribution in [0, 0.1) is 32.6 Å². The fourth-order valence-electron chi connectivity index (χ4n) is 7.22. The topological polar surface area (TPSA) is 0 Å². The number of aryl methyl sites for hydroxylation is 3. The van der Waals surface area contributed by atoms with Gasteiger partial charge in [-0.05, 0) is 125 Å². The summed E-state index contributed by atoms with van der Waals surface area (Å²) in [7, 11) is 0. The molecule has 9 aromatic rings. The molecule has 0 aliphatic heterocycles. The van der Waals surface area contributed by atoms with Crippen molar-refractivity contribution in [3.05, 3.63) is 307 Å². The molecule has 0 heteroatoms. The molecule has 0 atom stereocenters. The van der Waals surface area contributed by atoms with Crippen LogP contribution in [-0.2, 0) is 0 Å². The van der Waals surface area contributed by atoms with Gasteiger partial charge in [-0.25, -0.2) is 0 Å². The van der Waals surface area contributed by atoms with Gasteiger partial charge in [0.2, 0.25) is 0 Å². The lowest BCUT2D eigenvalue weighted by Gasteiger charge is -2.10. The third-order valence-corrected chi connectivity index (χ3v) is 11.0. The number of hydrogen-bond acceptors (Lipinski definition) is 0. The van der Waals surface area contributed by atoms with Crippen LogP contribution >= 0.6 is 0 Å². The monoisotopic (exact) mass is 1070 g/mol. The van der Waals surface area contributed by atoms with Crippen molar-refractivity contribution in [2.24, 2.45) is 11.8 Å². The van der Waals surface area contributed by atoms with Crippen LogP contribution < -0.4 is 0 Å². The molecule has 1 aliphatic rings. The maximum atomic E-state index is 3.46. The Labute approximate surface area is 496 Å². The van der Waals surface area contributed by atoms with Gasteiger partial charge in [0.25, 0.3) is 0 Å². The van der Waals surface area contributed by atoms with Crippen molar-refractivity contribution >= 4 is 5.57 Å². The number of allylic oxidation sites excluding steroid dienone is 5. The molecule has 0 heterocycles. The third-order valence-electron chi connectivity index (χ3n) is 11.0. The van der Waals surface area contributed by atoms with Crippen molar-refractivity contribution in [3.63, 3.8) is 0 Å². The van der Waals surface area contributed by atoms with Crippen LogP contribution in [-0.4, -0.2) is 0 Å². The van der Waals surface area contributed by atoms with Gasteiger partial charge in [-0.3, -0.25) is 0 Å². The number of benzene rings is 9. The molecule has 0 nitrogen and oxygen atoms in total. The van der Waals surface area contributed by atoms with Crippen LogP contribution in [0.4, 0.5) is 0 Å². The lowest BCUT2D eigenvalue weighted by molar-refractivity contribution is 0.736. The lowest BCUT2D eigenvalue weighted by atomic mass is 9.95. The predicted octanol–water partition coefficient (Wildman–Crippen LogP) is 25.5. The van der Waals surface area contributed by atoms with Gasteiger partial charge >= 0.3 is 0 Å². The van der Waals surface area contributed by atoms with Gasteiger partial charge in [0.15, 0.2) is 0 Å². The molecule has 0 bridgehead atoms. The van der Waals surface area contributed by atoms with Crippen LogP contribution in [0.5, 0.6) is 0 Å². The van der Waals surface area contributed by atoms with Crippen molar-refractivity contribution in [3.8, 4) is 44.5 Å². The van der Waals surface area contributed by atoms with E-state index in [2.05, 4.69) is 303 Å². The Morgan fingerprint density at radius 1 is 0.383 bits per heavy atom. The zero-order valence-electron chi connectivity index (χ0n) is 52.8. The standard InChI is InChI=1S/C21H20.2C13H12.C10H10.C6H6.C5H8.2C4H10.C3H8.C2H6/c1-16(2)18-10-6-12-20(14-18)21-13-7-11-19(15-21)17-8-4-3-5-9-17;2*1-11-6-5-9-13(10-11)12-7-3-2-4-8-12;1-8-4-2-3-5-10(8)9-6-7-9;1-2-4-6-5-3-1;1-3-5-4-2;2*1-4(2)3;1-3-2;1-2/h3-16H,1-2H3;2*2-10H,1H3;2-6H,7H2,1H3;1-6H;3-5H,1H2,2H3;2*4H,1-3H3;3H2,1-2H3;1-2H3/b;;;;;5-4-;;;;. The SMILES string of the molecule is C=C/C=C\C.CC.CC(C)C.CC(C)C.CC(C)c1cccc(-c2cccc(-c3ccccc3)c2)c1.CCC.Cc1cccc(-c2ccccc2)c1.Cc1cccc(-c2ccccc2)c1.Cc1ccccc1C1=CC1.c1ccccc1. The van der Waals surface area contributed by atoms with Crippen LogP contribution in [0.25, 0.3) is 50.1 Å². The van der Waals surface area contributed by atoms with E-state index >= 15 is 0 Å². The Bertz CT molecular complexity index is 2870. The minimum atomic E-state index is 0.558. The minimum absolute atomic E-state index is 0.558. The lowest BCUT2D eigenvalue weighted by Crippen LogP contribution is -1.88. The first-order valence-corrected chi connectivity index (χ1v) is 29.6.